The van der Waals surface area contributed by atoms with Crippen molar-refractivity contribution in [3.8, 4) is 0 Å². The normalized spacial score (nSPS) is 23.4. The van der Waals surface area contributed by atoms with Gasteiger partial charge in [0.15, 0.2) is 0 Å². The van der Waals surface area contributed by atoms with Gasteiger partial charge in [-0.25, -0.2) is 0 Å². The van der Waals surface area contributed by atoms with Gasteiger partial charge in [-0.2, -0.15) is 0 Å². The lowest BCUT2D eigenvalue weighted by molar-refractivity contribution is 0.00636. The van der Waals surface area contributed by atoms with E-state index in [1.807, 2.05) is 30.3 Å². The molecule has 1 saturated heterocycles. The maximum Gasteiger partial charge on any atom is 0.494 e. The first kappa shape index (κ1) is 16.1. The van der Waals surface area contributed by atoms with Crippen molar-refractivity contribution in [2.45, 2.75) is 25.0 Å². The van der Waals surface area contributed by atoms with E-state index in [4.69, 9.17) is 9.31 Å². The average Bonchev–Trinajstić information content (AvgIpc) is 2.69. The van der Waals surface area contributed by atoms with E-state index < -0.39 is 0 Å². The third-order valence-corrected chi connectivity index (χ3v) is 4.82. The van der Waals surface area contributed by atoms with Gasteiger partial charge < -0.3 is 9.31 Å². The van der Waals surface area contributed by atoms with Gasteiger partial charge in [0.2, 0.25) is 0 Å². The predicted molar refractivity (Wildman–Crippen MR) is 102 cm³/mol. The minimum atomic E-state index is -0.346. The molecule has 0 amide bonds. The van der Waals surface area contributed by atoms with Gasteiger partial charge in [-0.3, -0.25) is 0 Å². The Labute approximate surface area is 149 Å². The van der Waals surface area contributed by atoms with Crippen molar-refractivity contribution in [3.63, 3.8) is 0 Å². The van der Waals surface area contributed by atoms with E-state index >= 15 is 0 Å². The molecule has 0 unspecified atom stereocenters. The summed E-state index contributed by atoms with van der Waals surface area (Å²) in [5.74, 6) is 0.156. The van der Waals surface area contributed by atoms with E-state index in [1.54, 1.807) is 0 Å². The van der Waals surface area contributed by atoms with Crippen LogP contribution in [0, 0.1) is 0 Å². The van der Waals surface area contributed by atoms with E-state index in [1.165, 1.54) is 11.1 Å². The highest BCUT2D eigenvalue weighted by molar-refractivity contribution is 6.61. The lowest BCUT2D eigenvalue weighted by atomic mass is 9.73. The molecule has 0 aliphatic carbocycles. The van der Waals surface area contributed by atoms with Gasteiger partial charge in [-0.05, 0) is 23.5 Å². The van der Waals surface area contributed by atoms with Crippen LogP contribution in [0.15, 0.2) is 91.0 Å². The van der Waals surface area contributed by atoms with Crippen LogP contribution in [0.4, 0.5) is 0 Å². The second kappa shape index (κ2) is 7.26. The van der Waals surface area contributed by atoms with E-state index in [2.05, 4.69) is 67.6 Å². The van der Waals surface area contributed by atoms with E-state index in [0.29, 0.717) is 0 Å². The topological polar surface area (TPSA) is 18.5 Å². The van der Waals surface area contributed by atoms with Crippen LogP contribution in [0.3, 0.4) is 0 Å². The molecule has 0 saturated carbocycles. The van der Waals surface area contributed by atoms with Gasteiger partial charge in [-0.1, -0.05) is 91.0 Å². The summed E-state index contributed by atoms with van der Waals surface area (Å²) in [5, 5.41) is 0. The standard InChI is InChI=1S/C22H21BO2/c1-17-21(18-11-5-2-6-12-18)22(19-13-7-3-8-14-19)25-23(24-17)20-15-9-4-10-16-20/h2-17,21-22H,1H3/t17-,21-,22+/m1/s1. The van der Waals surface area contributed by atoms with Crippen LogP contribution >= 0.6 is 0 Å². The molecule has 0 spiro atoms. The van der Waals surface area contributed by atoms with Crippen LogP contribution in [0.1, 0.15) is 30.1 Å². The molecule has 1 fully saturated rings. The SMILES string of the molecule is C[C@H]1OB(c2ccccc2)O[C@@H](c2ccccc2)[C@H]1c1ccccc1. The molecule has 0 radical (unpaired) electrons. The van der Waals surface area contributed by atoms with Crippen LogP contribution in [0.25, 0.3) is 0 Å². The molecule has 1 aliphatic rings. The number of rotatable bonds is 3. The Morgan fingerprint density at radius 2 is 1.16 bits per heavy atom. The maximum absolute atomic E-state index is 6.47. The van der Waals surface area contributed by atoms with Crippen molar-refractivity contribution >= 4 is 12.6 Å². The van der Waals surface area contributed by atoms with Gasteiger partial charge in [0.1, 0.15) is 0 Å². The predicted octanol–water partition coefficient (Wildman–Crippen LogP) is 4.34. The first-order valence-electron chi connectivity index (χ1n) is 8.78. The summed E-state index contributed by atoms with van der Waals surface area (Å²) in [6, 6.07) is 31.1. The van der Waals surface area contributed by atoms with Crippen molar-refractivity contribution in [3.05, 3.63) is 102 Å². The second-order valence-corrected chi connectivity index (χ2v) is 6.49. The Balaban J connectivity index is 1.72. The molecule has 3 aromatic rings. The Morgan fingerprint density at radius 3 is 1.76 bits per heavy atom. The molecule has 4 rings (SSSR count). The Hall–Kier alpha value is -2.36. The van der Waals surface area contributed by atoms with Crippen LogP contribution in [-0.4, -0.2) is 13.2 Å². The highest BCUT2D eigenvalue weighted by atomic mass is 16.6. The summed E-state index contributed by atoms with van der Waals surface area (Å²) < 4.78 is 12.7. The van der Waals surface area contributed by atoms with Crippen LogP contribution in [0.2, 0.25) is 0 Å². The van der Waals surface area contributed by atoms with Gasteiger partial charge in [0.05, 0.1) is 6.10 Å². The summed E-state index contributed by atoms with van der Waals surface area (Å²) in [5.41, 5.74) is 3.49. The van der Waals surface area contributed by atoms with Crippen LogP contribution < -0.4 is 5.46 Å². The Kier molecular flexibility index (Phi) is 4.69. The van der Waals surface area contributed by atoms with Gasteiger partial charge in [0.25, 0.3) is 0 Å². The molecule has 124 valence electrons. The quantitative estimate of drug-likeness (QED) is 0.666. The van der Waals surface area contributed by atoms with E-state index in [9.17, 15) is 0 Å². The lowest BCUT2D eigenvalue weighted by Crippen LogP contribution is -2.48. The Morgan fingerprint density at radius 1 is 0.640 bits per heavy atom. The fraction of sp³-hybridized carbons (Fsp3) is 0.182. The van der Waals surface area contributed by atoms with Gasteiger partial charge in [0, 0.05) is 12.0 Å². The highest BCUT2D eigenvalue weighted by Gasteiger charge is 2.42. The zero-order valence-corrected chi connectivity index (χ0v) is 14.3. The molecule has 0 N–H and O–H groups in total. The van der Waals surface area contributed by atoms with E-state index in [0.717, 1.165) is 5.46 Å². The first-order valence-corrected chi connectivity index (χ1v) is 8.78. The second-order valence-electron chi connectivity index (χ2n) is 6.49. The van der Waals surface area contributed by atoms with Gasteiger partial charge in [-0.15, -0.1) is 0 Å². The molecule has 25 heavy (non-hydrogen) atoms. The molecule has 2 nitrogen and oxygen atoms in total. The monoisotopic (exact) mass is 328 g/mol. The number of benzene rings is 3. The fourth-order valence-electron chi connectivity index (χ4n) is 3.59. The molecular weight excluding hydrogens is 307 g/mol. The first-order chi connectivity index (χ1) is 12.3. The third-order valence-electron chi connectivity index (χ3n) is 4.82. The van der Waals surface area contributed by atoms with Crippen molar-refractivity contribution in [2.24, 2.45) is 0 Å². The van der Waals surface area contributed by atoms with Gasteiger partial charge >= 0.3 is 7.12 Å². The lowest BCUT2D eigenvalue weighted by Gasteiger charge is -2.40. The van der Waals surface area contributed by atoms with E-state index in [-0.39, 0.29) is 25.2 Å². The summed E-state index contributed by atoms with van der Waals surface area (Å²) in [6.45, 7) is 2.14. The summed E-state index contributed by atoms with van der Waals surface area (Å²) in [7, 11) is -0.346. The maximum atomic E-state index is 6.47. The number of hydrogen-bond acceptors (Lipinski definition) is 2. The molecule has 3 heteroatoms. The molecule has 3 aromatic carbocycles. The van der Waals surface area contributed by atoms with Crippen LogP contribution in [-0.2, 0) is 9.31 Å². The summed E-state index contributed by atoms with van der Waals surface area (Å²) in [6.07, 6.45) is 0.00381. The fourth-order valence-corrected chi connectivity index (χ4v) is 3.59. The molecule has 0 bridgehead atoms. The zero-order chi connectivity index (χ0) is 17.1. The van der Waals surface area contributed by atoms with Crippen molar-refractivity contribution in [2.75, 3.05) is 0 Å². The van der Waals surface area contributed by atoms with Crippen molar-refractivity contribution in [1.29, 1.82) is 0 Å². The zero-order valence-electron chi connectivity index (χ0n) is 14.3. The highest BCUT2D eigenvalue weighted by Crippen LogP contribution is 2.41. The number of hydrogen-bond donors (Lipinski definition) is 0. The largest absolute Gasteiger partial charge is 0.494 e. The molecule has 1 aliphatic heterocycles. The van der Waals surface area contributed by atoms with Crippen LogP contribution in [0.5, 0.6) is 0 Å². The molecule has 1 heterocycles. The molecule has 3 atom stereocenters. The minimum Gasteiger partial charge on any atom is -0.404 e. The summed E-state index contributed by atoms with van der Waals surface area (Å²) in [4.78, 5) is 0. The minimum absolute atomic E-state index is 0.0439. The van der Waals surface area contributed by atoms with Crippen molar-refractivity contribution in [1.82, 2.24) is 0 Å². The Bertz CT molecular complexity index is 792. The third kappa shape index (κ3) is 3.39. The average molecular weight is 328 g/mol. The summed E-state index contributed by atoms with van der Waals surface area (Å²) >= 11 is 0. The molecular formula is C22H21BO2. The molecule has 0 aromatic heterocycles. The smallest absolute Gasteiger partial charge is 0.404 e. The van der Waals surface area contributed by atoms with Crippen molar-refractivity contribution < 1.29 is 9.31 Å².